The van der Waals surface area contributed by atoms with Gasteiger partial charge in [0.05, 0.1) is 24.5 Å². The maximum absolute atomic E-state index is 11.0. The van der Waals surface area contributed by atoms with Gasteiger partial charge in [-0.25, -0.2) is 9.36 Å². The molecule has 2 aromatic heterocycles. The van der Waals surface area contributed by atoms with Crippen LogP contribution >= 0.6 is 0 Å². The molecule has 0 spiro atoms. The molecular formula is C20H32N8O5S. The first-order chi connectivity index (χ1) is 16.0. The molecule has 0 radical (unpaired) electrons. The molecule has 0 aromatic carbocycles. The van der Waals surface area contributed by atoms with Gasteiger partial charge >= 0.3 is 10.4 Å². The Kier molecular flexibility index (Phi) is 9.84. The van der Waals surface area contributed by atoms with E-state index in [4.69, 9.17) is 40.0 Å². The summed E-state index contributed by atoms with van der Waals surface area (Å²) in [6.45, 7) is 0. The Balaban J connectivity index is 0.000000202. The summed E-state index contributed by atoms with van der Waals surface area (Å²) in [6, 6.07) is 2.79. The third-order valence-corrected chi connectivity index (χ3v) is 5.90. The highest BCUT2D eigenvalue weighted by atomic mass is 32.3. The number of amides is 1. The number of carbonyl (C=O) groups excluding carboxylic acids is 1. The molecule has 2 aliphatic rings. The molecule has 14 heteroatoms. The summed E-state index contributed by atoms with van der Waals surface area (Å²) in [5.74, 6) is 0.434. The molecule has 2 saturated carbocycles. The number of primary amides is 1. The molecule has 34 heavy (non-hydrogen) atoms. The minimum atomic E-state index is -4.67. The Morgan fingerprint density at radius 2 is 1.32 bits per heavy atom. The van der Waals surface area contributed by atoms with Crippen molar-refractivity contribution in [2.45, 2.75) is 76.3 Å². The molecule has 1 amide bonds. The fourth-order valence-corrected chi connectivity index (χ4v) is 4.25. The smallest absolute Gasteiger partial charge is 0.383 e. The second-order valence-corrected chi connectivity index (χ2v) is 9.18. The van der Waals surface area contributed by atoms with Gasteiger partial charge in [-0.1, -0.05) is 38.5 Å². The molecule has 8 N–H and O–H groups in total. The molecular weight excluding hydrogens is 464 g/mol. The zero-order valence-corrected chi connectivity index (χ0v) is 19.7. The van der Waals surface area contributed by atoms with Crippen LogP contribution in [0.5, 0.6) is 0 Å². The molecule has 188 valence electrons. The zero-order valence-electron chi connectivity index (χ0n) is 18.9. The molecule has 0 aliphatic heterocycles. The van der Waals surface area contributed by atoms with Crippen LogP contribution in [0.2, 0.25) is 0 Å². The molecule has 2 aliphatic carbocycles. The maximum Gasteiger partial charge on any atom is 0.394 e. The highest BCUT2D eigenvalue weighted by molar-refractivity contribution is 7.79. The quantitative estimate of drug-likeness (QED) is 0.389. The van der Waals surface area contributed by atoms with Crippen molar-refractivity contribution in [3.05, 3.63) is 23.5 Å². The van der Waals surface area contributed by atoms with Crippen molar-refractivity contribution in [3.63, 3.8) is 0 Å². The number of hydrogen-bond donors (Lipinski definition) is 5. The molecule has 0 saturated heterocycles. The van der Waals surface area contributed by atoms with Crippen molar-refractivity contribution in [3.8, 4) is 6.07 Å². The van der Waals surface area contributed by atoms with Gasteiger partial charge in [-0.3, -0.25) is 13.9 Å². The predicted molar refractivity (Wildman–Crippen MR) is 125 cm³/mol. The average molecular weight is 497 g/mol. The van der Waals surface area contributed by atoms with Crippen LogP contribution in [0, 0.1) is 11.3 Å². The van der Waals surface area contributed by atoms with E-state index in [1.807, 2.05) is 10.8 Å². The Hall–Kier alpha value is -3.15. The largest absolute Gasteiger partial charge is 0.394 e. The Bertz CT molecular complexity index is 1080. The first-order valence-electron chi connectivity index (χ1n) is 11.1. The van der Waals surface area contributed by atoms with E-state index in [0.717, 1.165) is 25.7 Å². The number of hydrogen-bond acceptors (Lipinski definition) is 8. The van der Waals surface area contributed by atoms with Crippen LogP contribution in [-0.2, 0) is 10.4 Å². The van der Waals surface area contributed by atoms with Gasteiger partial charge in [-0.2, -0.15) is 23.9 Å². The van der Waals surface area contributed by atoms with Crippen LogP contribution in [0.15, 0.2) is 12.4 Å². The topological polar surface area (TPSA) is 229 Å². The SMILES string of the molecule is N#Cc1cnn(C2CCCCC2)c1N.NC(=O)c1cnn(C2CCCCC2)c1N.O=S(=O)(O)O. The second-order valence-electron chi connectivity index (χ2n) is 8.28. The van der Waals surface area contributed by atoms with Gasteiger partial charge < -0.3 is 17.2 Å². The lowest BCUT2D eigenvalue weighted by Crippen LogP contribution is -2.18. The lowest BCUT2D eigenvalue weighted by molar-refractivity contribution is 0.100. The van der Waals surface area contributed by atoms with Gasteiger partial charge in [0.1, 0.15) is 28.8 Å². The minimum absolute atomic E-state index is 0.334. The lowest BCUT2D eigenvalue weighted by Gasteiger charge is -2.22. The van der Waals surface area contributed by atoms with Crippen LogP contribution < -0.4 is 17.2 Å². The molecule has 4 rings (SSSR count). The van der Waals surface area contributed by atoms with Crippen LogP contribution in [0.1, 0.15) is 92.2 Å². The maximum atomic E-state index is 11.0. The van der Waals surface area contributed by atoms with Crippen LogP contribution in [0.3, 0.4) is 0 Å². The van der Waals surface area contributed by atoms with E-state index < -0.39 is 16.3 Å². The van der Waals surface area contributed by atoms with E-state index in [2.05, 4.69) is 10.2 Å². The van der Waals surface area contributed by atoms with Crippen molar-refractivity contribution in [2.75, 3.05) is 11.5 Å². The Morgan fingerprint density at radius 3 is 1.68 bits per heavy atom. The molecule has 13 nitrogen and oxygen atoms in total. The summed E-state index contributed by atoms with van der Waals surface area (Å²) < 4.78 is 35.1. The van der Waals surface area contributed by atoms with Crippen LogP contribution in [0.25, 0.3) is 0 Å². The summed E-state index contributed by atoms with van der Waals surface area (Å²) in [7, 11) is -4.67. The third kappa shape index (κ3) is 8.01. The zero-order chi connectivity index (χ0) is 25.3. The molecule has 2 aromatic rings. The van der Waals surface area contributed by atoms with E-state index in [-0.39, 0.29) is 0 Å². The van der Waals surface area contributed by atoms with E-state index in [1.54, 1.807) is 10.9 Å². The number of nitriles is 1. The van der Waals surface area contributed by atoms with Gasteiger partial charge in [0.2, 0.25) is 0 Å². The number of nitrogens with zero attached hydrogens (tertiary/aromatic N) is 5. The molecule has 0 atom stereocenters. The number of nitrogen functional groups attached to an aromatic ring is 2. The van der Waals surface area contributed by atoms with Gasteiger partial charge in [0, 0.05) is 0 Å². The predicted octanol–water partition coefficient (Wildman–Crippen LogP) is 2.26. The first kappa shape index (κ1) is 27.1. The van der Waals surface area contributed by atoms with Crippen molar-refractivity contribution in [1.29, 1.82) is 5.26 Å². The van der Waals surface area contributed by atoms with Crippen molar-refractivity contribution in [1.82, 2.24) is 19.6 Å². The van der Waals surface area contributed by atoms with Crippen LogP contribution in [0.4, 0.5) is 11.6 Å². The van der Waals surface area contributed by atoms with Crippen LogP contribution in [-0.4, -0.2) is 43.0 Å². The molecule has 0 unspecified atom stereocenters. The van der Waals surface area contributed by atoms with E-state index in [1.165, 1.54) is 44.7 Å². The number of rotatable bonds is 3. The molecule has 0 bridgehead atoms. The summed E-state index contributed by atoms with van der Waals surface area (Å²) in [5, 5.41) is 17.1. The highest BCUT2D eigenvalue weighted by Gasteiger charge is 2.21. The summed E-state index contributed by atoms with van der Waals surface area (Å²) in [6.07, 6.45) is 14.9. The summed E-state index contributed by atoms with van der Waals surface area (Å²) in [5.41, 5.74) is 17.7. The summed E-state index contributed by atoms with van der Waals surface area (Å²) >= 11 is 0. The lowest BCUT2D eigenvalue weighted by atomic mass is 9.96. The fourth-order valence-electron chi connectivity index (χ4n) is 4.25. The minimum Gasteiger partial charge on any atom is -0.383 e. The van der Waals surface area contributed by atoms with Gasteiger partial charge in [0.15, 0.2) is 0 Å². The third-order valence-electron chi connectivity index (χ3n) is 5.90. The standard InChI is InChI=1S/C10H16N4O.C10H14N4.H2O4S/c11-9-8(10(12)15)6-13-14(9)7-4-2-1-3-5-7;11-6-8-7-13-14(10(8)12)9-4-2-1-3-5-9;1-5(2,3)4/h6-7H,1-5,11H2,(H2,12,15);7,9H,1-5,12H2;(H2,1,2,3,4). The average Bonchev–Trinajstić information content (AvgIpc) is 3.36. The molecule has 2 heterocycles. The first-order valence-corrected chi connectivity index (χ1v) is 12.5. The van der Waals surface area contributed by atoms with Crippen molar-refractivity contribution in [2.24, 2.45) is 5.73 Å². The second kappa shape index (κ2) is 12.4. The number of carbonyl (C=O) groups is 1. The van der Waals surface area contributed by atoms with E-state index in [0.29, 0.717) is 34.8 Å². The molecule has 2 fully saturated rings. The van der Waals surface area contributed by atoms with E-state index >= 15 is 0 Å². The summed E-state index contributed by atoms with van der Waals surface area (Å²) in [4.78, 5) is 11.0. The number of nitrogens with two attached hydrogens (primary N) is 3. The van der Waals surface area contributed by atoms with Crippen molar-refractivity contribution >= 4 is 27.9 Å². The number of anilines is 2. The Labute approximate surface area is 198 Å². The number of aromatic nitrogens is 4. The van der Waals surface area contributed by atoms with Gasteiger partial charge in [-0.05, 0) is 25.7 Å². The fraction of sp³-hybridized carbons (Fsp3) is 0.600. The Morgan fingerprint density at radius 1 is 0.912 bits per heavy atom. The van der Waals surface area contributed by atoms with Gasteiger partial charge in [-0.15, -0.1) is 0 Å². The van der Waals surface area contributed by atoms with Gasteiger partial charge in [0.25, 0.3) is 5.91 Å². The van der Waals surface area contributed by atoms with Crippen molar-refractivity contribution < 1.29 is 22.3 Å². The highest BCUT2D eigenvalue weighted by Crippen LogP contribution is 2.31. The van der Waals surface area contributed by atoms with E-state index in [9.17, 15) is 4.79 Å². The normalized spacial score (nSPS) is 17.0. The monoisotopic (exact) mass is 496 g/mol.